The molecule has 23 heavy (non-hydrogen) atoms. The van der Waals surface area contributed by atoms with Crippen molar-refractivity contribution in [2.24, 2.45) is 0 Å². The minimum absolute atomic E-state index is 0.0232. The van der Waals surface area contributed by atoms with Crippen LogP contribution in [0.2, 0.25) is 0 Å². The smallest absolute Gasteiger partial charge is 0.338 e. The Hall–Kier alpha value is -2.57. The van der Waals surface area contributed by atoms with Crippen molar-refractivity contribution in [1.82, 2.24) is 10.6 Å². The minimum atomic E-state index is -0.577. The molecule has 1 aromatic rings. The maximum Gasteiger partial charge on any atom is 0.338 e. The molecule has 1 rings (SSSR count). The Morgan fingerprint density at radius 3 is 2.61 bits per heavy atom. The number of nitrogens with one attached hydrogen (secondary N) is 2. The van der Waals surface area contributed by atoms with Crippen LogP contribution in [0.25, 0.3) is 0 Å². The van der Waals surface area contributed by atoms with Crippen LogP contribution in [0.3, 0.4) is 0 Å². The van der Waals surface area contributed by atoms with Gasteiger partial charge in [-0.3, -0.25) is 10.1 Å². The average molecular weight is 322 g/mol. The van der Waals surface area contributed by atoms with Gasteiger partial charge >= 0.3 is 12.0 Å². The minimum Gasteiger partial charge on any atom is -0.484 e. The molecule has 0 aliphatic heterocycles. The van der Waals surface area contributed by atoms with Gasteiger partial charge in [0.25, 0.3) is 5.91 Å². The third-order valence-corrected chi connectivity index (χ3v) is 2.96. The Morgan fingerprint density at radius 2 is 1.96 bits per heavy atom. The highest BCUT2D eigenvalue weighted by atomic mass is 16.5. The number of carbonyl (C=O) groups is 3. The molecule has 0 fully saturated rings. The molecular formula is C16H22N2O5. The number of benzene rings is 1. The van der Waals surface area contributed by atoms with Crippen molar-refractivity contribution in [2.45, 2.75) is 33.2 Å². The van der Waals surface area contributed by atoms with E-state index >= 15 is 0 Å². The van der Waals surface area contributed by atoms with Gasteiger partial charge in [0.15, 0.2) is 6.61 Å². The van der Waals surface area contributed by atoms with Crippen molar-refractivity contribution in [3.8, 4) is 5.75 Å². The highest BCUT2D eigenvalue weighted by Crippen LogP contribution is 2.14. The lowest BCUT2D eigenvalue weighted by Gasteiger charge is -2.12. The average Bonchev–Trinajstić information content (AvgIpc) is 2.53. The summed E-state index contributed by atoms with van der Waals surface area (Å²) in [7, 11) is 0. The van der Waals surface area contributed by atoms with Crippen LogP contribution in [0.4, 0.5) is 4.79 Å². The first-order valence-electron chi connectivity index (χ1n) is 7.46. The summed E-state index contributed by atoms with van der Waals surface area (Å²) in [5.41, 5.74) is 0.333. The van der Waals surface area contributed by atoms with E-state index in [0.717, 1.165) is 6.42 Å². The SMILES string of the molecule is CCOC(=O)c1cccc(OCC(=O)NC(=O)N[C@@H](C)CC)c1. The Morgan fingerprint density at radius 1 is 1.22 bits per heavy atom. The van der Waals surface area contributed by atoms with Gasteiger partial charge in [0.1, 0.15) is 5.75 Å². The van der Waals surface area contributed by atoms with E-state index in [4.69, 9.17) is 9.47 Å². The first-order chi connectivity index (χ1) is 11.0. The number of imide groups is 1. The molecule has 0 aliphatic rings. The zero-order chi connectivity index (χ0) is 17.2. The fourth-order valence-electron chi connectivity index (χ4n) is 1.60. The van der Waals surface area contributed by atoms with Crippen molar-refractivity contribution < 1.29 is 23.9 Å². The zero-order valence-electron chi connectivity index (χ0n) is 13.5. The van der Waals surface area contributed by atoms with Crippen LogP contribution in [0, 0.1) is 0 Å². The van der Waals surface area contributed by atoms with Crippen molar-refractivity contribution in [3.63, 3.8) is 0 Å². The van der Waals surface area contributed by atoms with Gasteiger partial charge < -0.3 is 14.8 Å². The van der Waals surface area contributed by atoms with Crippen molar-refractivity contribution >= 4 is 17.9 Å². The van der Waals surface area contributed by atoms with Crippen LogP contribution in [0.1, 0.15) is 37.6 Å². The van der Waals surface area contributed by atoms with Crippen molar-refractivity contribution in [1.29, 1.82) is 0 Å². The summed E-state index contributed by atoms with van der Waals surface area (Å²) < 4.78 is 10.2. The summed E-state index contributed by atoms with van der Waals surface area (Å²) in [6.45, 7) is 5.42. The molecule has 0 aliphatic carbocycles. The largest absolute Gasteiger partial charge is 0.484 e. The number of hydrogen-bond acceptors (Lipinski definition) is 5. The maximum atomic E-state index is 11.6. The van der Waals surface area contributed by atoms with Gasteiger partial charge in [0.2, 0.25) is 0 Å². The van der Waals surface area contributed by atoms with Gasteiger partial charge in [-0.15, -0.1) is 0 Å². The van der Waals surface area contributed by atoms with Crippen molar-refractivity contribution in [3.05, 3.63) is 29.8 Å². The molecule has 126 valence electrons. The number of ether oxygens (including phenoxy) is 2. The Kier molecular flexibility index (Phi) is 7.59. The molecule has 3 amide bonds. The highest BCUT2D eigenvalue weighted by Gasteiger charge is 2.11. The predicted molar refractivity (Wildman–Crippen MR) is 84.3 cm³/mol. The molecule has 0 saturated carbocycles. The molecule has 0 spiro atoms. The zero-order valence-corrected chi connectivity index (χ0v) is 13.5. The molecule has 0 aromatic heterocycles. The molecule has 0 radical (unpaired) electrons. The standard InChI is InChI=1S/C16H22N2O5/c1-4-11(3)17-16(21)18-14(19)10-23-13-8-6-7-12(9-13)15(20)22-5-2/h6-9,11H,4-5,10H2,1-3H3,(H2,17,18,19,21)/t11-/m0/s1. The number of rotatable bonds is 7. The van der Waals surface area contributed by atoms with Crippen LogP contribution in [-0.2, 0) is 9.53 Å². The fraction of sp³-hybridized carbons (Fsp3) is 0.438. The van der Waals surface area contributed by atoms with Gasteiger partial charge in [-0.2, -0.15) is 0 Å². The topological polar surface area (TPSA) is 93.7 Å². The Labute approximate surface area is 135 Å². The van der Waals surface area contributed by atoms with E-state index in [9.17, 15) is 14.4 Å². The van der Waals surface area contributed by atoms with Gasteiger partial charge in [-0.25, -0.2) is 9.59 Å². The second-order valence-electron chi connectivity index (χ2n) is 4.87. The summed E-state index contributed by atoms with van der Waals surface area (Å²) in [5, 5.41) is 4.78. The fourth-order valence-corrected chi connectivity index (χ4v) is 1.60. The number of urea groups is 1. The number of carbonyl (C=O) groups excluding carboxylic acids is 3. The molecule has 2 N–H and O–H groups in total. The van der Waals surface area contributed by atoms with Crippen LogP contribution < -0.4 is 15.4 Å². The first kappa shape index (κ1) is 18.5. The summed E-state index contributed by atoms with van der Waals surface area (Å²) >= 11 is 0. The Balaban J connectivity index is 2.48. The normalized spacial score (nSPS) is 11.3. The molecule has 0 bridgehead atoms. The van der Waals surface area contributed by atoms with E-state index in [1.165, 1.54) is 6.07 Å². The van der Waals surface area contributed by atoms with Crippen LogP contribution in [0.5, 0.6) is 5.75 Å². The van der Waals surface area contributed by atoms with E-state index in [1.54, 1.807) is 25.1 Å². The Bertz CT molecular complexity index is 559. The number of hydrogen-bond donors (Lipinski definition) is 2. The summed E-state index contributed by atoms with van der Waals surface area (Å²) in [6, 6.07) is 5.71. The van der Waals surface area contributed by atoms with Gasteiger partial charge in [-0.05, 0) is 38.5 Å². The summed E-state index contributed by atoms with van der Waals surface area (Å²) in [6.07, 6.45) is 0.763. The second-order valence-corrected chi connectivity index (χ2v) is 4.87. The number of amides is 3. The molecule has 0 heterocycles. The third kappa shape index (κ3) is 6.82. The van der Waals surface area contributed by atoms with E-state index in [0.29, 0.717) is 11.3 Å². The quantitative estimate of drug-likeness (QED) is 0.747. The van der Waals surface area contributed by atoms with Gasteiger partial charge in [0.05, 0.1) is 12.2 Å². The van der Waals surface area contributed by atoms with Crippen LogP contribution >= 0.6 is 0 Å². The van der Waals surface area contributed by atoms with E-state index in [1.807, 2.05) is 13.8 Å². The predicted octanol–water partition coefficient (Wildman–Crippen LogP) is 1.87. The third-order valence-electron chi connectivity index (χ3n) is 2.96. The highest BCUT2D eigenvalue weighted by molar-refractivity contribution is 5.95. The lowest BCUT2D eigenvalue weighted by molar-refractivity contribution is -0.122. The van der Waals surface area contributed by atoms with Crippen LogP contribution in [-0.4, -0.2) is 37.2 Å². The molecular weight excluding hydrogens is 300 g/mol. The molecule has 7 nitrogen and oxygen atoms in total. The maximum absolute atomic E-state index is 11.6. The van der Waals surface area contributed by atoms with Crippen molar-refractivity contribution in [2.75, 3.05) is 13.2 Å². The van der Waals surface area contributed by atoms with Gasteiger partial charge in [0, 0.05) is 6.04 Å². The second kappa shape index (κ2) is 9.45. The van der Waals surface area contributed by atoms with Gasteiger partial charge in [-0.1, -0.05) is 13.0 Å². The van der Waals surface area contributed by atoms with Crippen LogP contribution in [0.15, 0.2) is 24.3 Å². The molecule has 1 atom stereocenters. The number of esters is 1. The lowest BCUT2D eigenvalue weighted by Crippen LogP contribution is -2.44. The molecule has 0 saturated heterocycles. The lowest BCUT2D eigenvalue weighted by atomic mass is 10.2. The monoisotopic (exact) mass is 322 g/mol. The van der Waals surface area contributed by atoms with E-state index in [-0.39, 0.29) is 19.3 Å². The summed E-state index contributed by atoms with van der Waals surface area (Å²) in [5.74, 6) is -0.698. The van der Waals surface area contributed by atoms with E-state index in [2.05, 4.69) is 10.6 Å². The first-order valence-corrected chi connectivity index (χ1v) is 7.46. The molecule has 1 aromatic carbocycles. The summed E-state index contributed by atoms with van der Waals surface area (Å²) in [4.78, 5) is 34.7. The molecule has 0 unspecified atom stereocenters. The molecule has 7 heteroatoms. The van der Waals surface area contributed by atoms with E-state index < -0.39 is 17.9 Å².